The summed E-state index contributed by atoms with van der Waals surface area (Å²) < 4.78 is 15.3. The lowest BCUT2D eigenvalue weighted by Gasteiger charge is -2.24. The Hall–Kier alpha value is -4.08. The molecule has 36 heavy (non-hydrogen) atoms. The summed E-state index contributed by atoms with van der Waals surface area (Å²) in [7, 11) is 0. The molecular formula is C26H27FN6O3. The third-order valence-electron chi connectivity index (χ3n) is 6.76. The molecule has 5 rings (SSSR count). The van der Waals surface area contributed by atoms with E-state index in [1.54, 1.807) is 15.9 Å². The first-order valence-electron chi connectivity index (χ1n) is 12.0. The lowest BCUT2D eigenvalue weighted by Crippen LogP contribution is -2.42. The van der Waals surface area contributed by atoms with Gasteiger partial charge in [0, 0.05) is 50.5 Å². The smallest absolute Gasteiger partial charge is 0.251 e. The van der Waals surface area contributed by atoms with Crippen LogP contribution in [-0.2, 0) is 29.1 Å². The van der Waals surface area contributed by atoms with Gasteiger partial charge in [0.05, 0.1) is 13.1 Å². The summed E-state index contributed by atoms with van der Waals surface area (Å²) in [5.74, 6) is 0.455. The van der Waals surface area contributed by atoms with Crippen LogP contribution in [0.1, 0.15) is 39.9 Å². The lowest BCUT2D eigenvalue weighted by atomic mass is 9.99. The normalized spacial score (nSPS) is 17.6. The van der Waals surface area contributed by atoms with E-state index in [4.69, 9.17) is 0 Å². The fourth-order valence-electron chi connectivity index (χ4n) is 4.79. The minimum Gasteiger partial charge on any atom is -0.345 e. The van der Waals surface area contributed by atoms with Crippen LogP contribution in [-0.4, -0.2) is 68.5 Å². The Balaban J connectivity index is 1.16. The number of benzene rings is 2. The molecule has 10 heteroatoms. The minimum atomic E-state index is -0.477. The molecule has 0 saturated carbocycles. The van der Waals surface area contributed by atoms with Crippen molar-refractivity contribution in [2.75, 3.05) is 26.2 Å². The van der Waals surface area contributed by atoms with Crippen LogP contribution in [0.4, 0.5) is 4.39 Å². The van der Waals surface area contributed by atoms with Gasteiger partial charge in [-0.15, -0.1) is 10.2 Å². The largest absolute Gasteiger partial charge is 0.345 e. The zero-order valence-corrected chi connectivity index (χ0v) is 19.8. The third-order valence-corrected chi connectivity index (χ3v) is 6.76. The monoisotopic (exact) mass is 490 g/mol. The number of hydrogen-bond donors (Lipinski definition) is 1. The van der Waals surface area contributed by atoms with E-state index in [-0.39, 0.29) is 36.4 Å². The van der Waals surface area contributed by atoms with Gasteiger partial charge in [-0.2, -0.15) is 0 Å². The molecule has 0 aliphatic carbocycles. The van der Waals surface area contributed by atoms with Crippen molar-refractivity contribution < 1.29 is 18.8 Å². The quantitative estimate of drug-likeness (QED) is 0.568. The van der Waals surface area contributed by atoms with Gasteiger partial charge in [-0.1, -0.05) is 36.4 Å². The Kier molecular flexibility index (Phi) is 6.75. The first-order chi connectivity index (χ1) is 17.5. The van der Waals surface area contributed by atoms with Crippen LogP contribution < -0.4 is 5.32 Å². The summed E-state index contributed by atoms with van der Waals surface area (Å²) in [4.78, 5) is 41.4. The van der Waals surface area contributed by atoms with Gasteiger partial charge in [-0.3, -0.25) is 14.4 Å². The fourth-order valence-corrected chi connectivity index (χ4v) is 4.79. The molecule has 1 aromatic heterocycles. The molecule has 1 saturated heterocycles. The second kappa shape index (κ2) is 10.3. The van der Waals surface area contributed by atoms with Gasteiger partial charge in [-0.05, 0) is 23.8 Å². The predicted octanol–water partition coefficient (Wildman–Crippen LogP) is 1.75. The highest BCUT2D eigenvalue weighted by Gasteiger charge is 2.33. The zero-order chi connectivity index (χ0) is 25.1. The number of aromatic nitrogens is 3. The molecule has 3 heterocycles. The molecule has 9 nitrogen and oxygen atoms in total. The molecule has 0 unspecified atom stereocenters. The number of nitrogens with one attached hydrogen (secondary N) is 1. The van der Waals surface area contributed by atoms with Crippen LogP contribution in [0.2, 0.25) is 0 Å². The van der Waals surface area contributed by atoms with Gasteiger partial charge >= 0.3 is 0 Å². The Labute approximate surface area is 207 Å². The average Bonchev–Trinajstić information content (AvgIpc) is 3.37. The van der Waals surface area contributed by atoms with E-state index in [1.165, 1.54) is 18.2 Å². The Morgan fingerprint density at radius 1 is 1.03 bits per heavy atom. The molecule has 3 amide bonds. The highest BCUT2D eigenvalue weighted by atomic mass is 19.1. The fraction of sp³-hybridized carbons (Fsp3) is 0.346. The van der Waals surface area contributed by atoms with Crippen molar-refractivity contribution in [3.63, 3.8) is 0 Å². The van der Waals surface area contributed by atoms with E-state index in [0.717, 1.165) is 11.4 Å². The molecule has 186 valence electrons. The number of rotatable bonds is 6. The zero-order valence-electron chi connectivity index (χ0n) is 19.8. The van der Waals surface area contributed by atoms with Gasteiger partial charge in [-0.25, -0.2) is 4.39 Å². The molecule has 0 radical (unpaired) electrons. The van der Waals surface area contributed by atoms with Crippen LogP contribution in [0.15, 0.2) is 54.6 Å². The third kappa shape index (κ3) is 5.12. The van der Waals surface area contributed by atoms with Crippen molar-refractivity contribution in [2.45, 2.75) is 31.8 Å². The molecule has 1 atom stereocenters. The van der Waals surface area contributed by atoms with Crippen molar-refractivity contribution in [1.29, 1.82) is 0 Å². The van der Waals surface area contributed by atoms with Gasteiger partial charge in [0.1, 0.15) is 11.6 Å². The highest BCUT2D eigenvalue weighted by Crippen LogP contribution is 2.28. The summed E-state index contributed by atoms with van der Waals surface area (Å²) in [6, 6.07) is 15.4. The summed E-state index contributed by atoms with van der Waals surface area (Å²) in [5.41, 5.74) is 1.35. The standard InChI is InChI=1S/C26H27FN6O3/c27-21-8-4-7-19(13-21)26(36)28-15-23-30-29-22-9-10-31(11-12-33(22)23)25(35)17-32-16-20(14-24(32)34)18-5-2-1-3-6-18/h1-8,13,20H,9-12,14-17H2,(H,28,36)/t20-/m1/s1. The topological polar surface area (TPSA) is 100 Å². The summed E-state index contributed by atoms with van der Waals surface area (Å²) in [6.45, 7) is 2.18. The van der Waals surface area contributed by atoms with Crippen LogP contribution >= 0.6 is 0 Å². The predicted molar refractivity (Wildman–Crippen MR) is 128 cm³/mol. The summed E-state index contributed by atoms with van der Waals surface area (Å²) in [5, 5.41) is 11.2. The number of halogens is 1. The van der Waals surface area contributed by atoms with Crippen molar-refractivity contribution in [3.05, 3.63) is 83.2 Å². The first-order valence-corrected chi connectivity index (χ1v) is 12.0. The average molecular weight is 491 g/mol. The van der Waals surface area contributed by atoms with Crippen LogP contribution in [0.5, 0.6) is 0 Å². The van der Waals surface area contributed by atoms with E-state index in [2.05, 4.69) is 15.5 Å². The number of carbonyl (C=O) groups excluding carboxylic acids is 3. The maximum absolute atomic E-state index is 13.4. The second-order valence-electron chi connectivity index (χ2n) is 9.09. The molecule has 2 aromatic carbocycles. The number of amides is 3. The molecule has 2 aliphatic rings. The number of likely N-dealkylation sites (tertiary alicyclic amines) is 1. The van der Waals surface area contributed by atoms with E-state index in [0.29, 0.717) is 44.8 Å². The molecular weight excluding hydrogens is 463 g/mol. The van der Waals surface area contributed by atoms with Crippen LogP contribution in [0.25, 0.3) is 0 Å². The van der Waals surface area contributed by atoms with Gasteiger partial charge in [0.15, 0.2) is 5.82 Å². The second-order valence-corrected chi connectivity index (χ2v) is 9.09. The number of carbonyl (C=O) groups is 3. The van der Waals surface area contributed by atoms with Crippen LogP contribution in [0.3, 0.4) is 0 Å². The first kappa shape index (κ1) is 23.7. The molecule has 2 aliphatic heterocycles. The molecule has 0 spiro atoms. The Bertz CT molecular complexity index is 1280. The maximum Gasteiger partial charge on any atom is 0.251 e. The highest BCUT2D eigenvalue weighted by molar-refractivity contribution is 5.94. The molecule has 1 N–H and O–H groups in total. The summed E-state index contributed by atoms with van der Waals surface area (Å²) >= 11 is 0. The molecule has 3 aromatic rings. The van der Waals surface area contributed by atoms with Gasteiger partial charge in [0.25, 0.3) is 5.91 Å². The number of fused-ring (bicyclic) bond motifs is 1. The summed E-state index contributed by atoms with van der Waals surface area (Å²) in [6.07, 6.45) is 0.945. The van der Waals surface area contributed by atoms with Crippen molar-refractivity contribution in [3.8, 4) is 0 Å². The number of hydrogen-bond acceptors (Lipinski definition) is 5. The maximum atomic E-state index is 13.4. The SMILES string of the molecule is O=C(NCc1nnc2n1CCN(C(=O)CN1C[C@H](c3ccccc3)CC1=O)CC2)c1cccc(F)c1. The molecule has 0 bridgehead atoms. The Morgan fingerprint density at radius 2 is 1.86 bits per heavy atom. The van der Waals surface area contributed by atoms with Gasteiger partial charge in [0.2, 0.25) is 11.8 Å². The van der Waals surface area contributed by atoms with Crippen molar-refractivity contribution in [1.82, 2.24) is 29.9 Å². The lowest BCUT2D eigenvalue weighted by molar-refractivity contribution is -0.138. The van der Waals surface area contributed by atoms with Crippen molar-refractivity contribution >= 4 is 17.7 Å². The van der Waals surface area contributed by atoms with Crippen molar-refractivity contribution in [2.24, 2.45) is 0 Å². The number of nitrogens with zero attached hydrogens (tertiary/aromatic N) is 5. The van der Waals surface area contributed by atoms with E-state index < -0.39 is 11.7 Å². The Morgan fingerprint density at radius 3 is 2.67 bits per heavy atom. The molecule has 1 fully saturated rings. The van der Waals surface area contributed by atoms with E-state index in [9.17, 15) is 18.8 Å². The minimum absolute atomic E-state index is 0.000442. The van der Waals surface area contributed by atoms with E-state index in [1.807, 2.05) is 34.9 Å². The van der Waals surface area contributed by atoms with Gasteiger partial charge < -0.3 is 19.7 Å². The van der Waals surface area contributed by atoms with E-state index >= 15 is 0 Å². The van der Waals surface area contributed by atoms with Crippen LogP contribution in [0, 0.1) is 5.82 Å².